The van der Waals surface area contributed by atoms with E-state index in [1.807, 2.05) is 18.3 Å². The van der Waals surface area contributed by atoms with E-state index in [0.717, 1.165) is 29.9 Å². The Morgan fingerprint density at radius 2 is 2.00 bits per heavy atom. The Kier molecular flexibility index (Phi) is 2.09. The molecule has 0 unspecified atom stereocenters. The lowest BCUT2D eigenvalue weighted by Gasteiger charge is -2.27. The second kappa shape index (κ2) is 3.57. The highest BCUT2D eigenvalue weighted by molar-refractivity contribution is 5.88. The first-order chi connectivity index (χ1) is 7.45. The highest BCUT2D eigenvalue weighted by Gasteiger charge is 2.15. The molecule has 2 aromatic heterocycles. The lowest BCUT2D eigenvalue weighted by atomic mass is 10.1. The number of nitrogens with zero attached hydrogens (tertiary/aromatic N) is 2. The summed E-state index contributed by atoms with van der Waals surface area (Å²) in [6, 6.07) is 3.93. The smallest absolute Gasteiger partial charge is 0.139 e. The topological polar surface area (TPSA) is 29.3 Å². The van der Waals surface area contributed by atoms with Crippen LogP contribution < -0.4 is 4.90 Å². The van der Waals surface area contributed by atoms with Gasteiger partial charge in [0.15, 0.2) is 0 Å². The fourth-order valence-corrected chi connectivity index (χ4v) is 2.24. The molecule has 78 valence electrons. The largest absolute Gasteiger partial charge is 0.464 e. The third kappa shape index (κ3) is 1.48. The minimum Gasteiger partial charge on any atom is -0.464 e. The van der Waals surface area contributed by atoms with E-state index in [9.17, 15) is 0 Å². The first-order valence-electron chi connectivity index (χ1n) is 5.52. The minimum atomic E-state index is 0.936. The van der Waals surface area contributed by atoms with E-state index >= 15 is 0 Å². The number of rotatable bonds is 1. The van der Waals surface area contributed by atoms with Gasteiger partial charge in [-0.3, -0.25) is 0 Å². The van der Waals surface area contributed by atoms with Gasteiger partial charge in [-0.2, -0.15) is 0 Å². The Balaban J connectivity index is 2.05. The lowest BCUT2D eigenvalue weighted by molar-refractivity contribution is 0.574. The number of hydrogen-bond acceptors (Lipinski definition) is 3. The van der Waals surface area contributed by atoms with Crippen LogP contribution in [0.4, 0.5) is 5.82 Å². The summed E-state index contributed by atoms with van der Waals surface area (Å²) in [6.45, 7) is 2.24. The van der Waals surface area contributed by atoms with Crippen LogP contribution >= 0.6 is 0 Å². The van der Waals surface area contributed by atoms with E-state index < -0.39 is 0 Å². The van der Waals surface area contributed by atoms with Crippen molar-refractivity contribution in [1.29, 1.82) is 0 Å². The van der Waals surface area contributed by atoms with Gasteiger partial charge in [0.1, 0.15) is 11.4 Å². The van der Waals surface area contributed by atoms with Gasteiger partial charge in [-0.25, -0.2) is 4.98 Å². The molecular weight excluding hydrogens is 188 g/mol. The van der Waals surface area contributed by atoms with Gasteiger partial charge >= 0.3 is 0 Å². The normalized spacial score (nSPS) is 17.2. The first-order valence-corrected chi connectivity index (χ1v) is 5.52. The SMILES string of the molecule is c1cc2occc2c(N2CCCCC2)n1. The highest BCUT2D eigenvalue weighted by Crippen LogP contribution is 2.27. The zero-order chi connectivity index (χ0) is 10.1. The molecule has 0 aliphatic carbocycles. The fraction of sp³-hybridized carbons (Fsp3) is 0.417. The minimum absolute atomic E-state index is 0.936. The Morgan fingerprint density at radius 3 is 2.87 bits per heavy atom. The molecule has 0 radical (unpaired) electrons. The summed E-state index contributed by atoms with van der Waals surface area (Å²) in [5, 5.41) is 1.14. The summed E-state index contributed by atoms with van der Waals surface area (Å²) in [6.07, 6.45) is 7.46. The zero-order valence-corrected chi connectivity index (χ0v) is 8.65. The van der Waals surface area contributed by atoms with Crippen LogP contribution in [0.25, 0.3) is 11.0 Å². The second-order valence-electron chi connectivity index (χ2n) is 4.01. The van der Waals surface area contributed by atoms with Crippen LogP contribution in [0.1, 0.15) is 19.3 Å². The molecule has 0 spiro atoms. The van der Waals surface area contributed by atoms with Crippen molar-refractivity contribution in [2.24, 2.45) is 0 Å². The molecule has 3 nitrogen and oxygen atoms in total. The van der Waals surface area contributed by atoms with E-state index in [-0.39, 0.29) is 0 Å². The van der Waals surface area contributed by atoms with Crippen molar-refractivity contribution in [1.82, 2.24) is 4.98 Å². The molecule has 3 heterocycles. The Labute approximate surface area is 88.7 Å². The van der Waals surface area contributed by atoms with Gasteiger partial charge in [0, 0.05) is 19.3 Å². The maximum absolute atomic E-state index is 5.38. The van der Waals surface area contributed by atoms with Crippen molar-refractivity contribution in [2.45, 2.75) is 19.3 Å². The zero-order valence-electron chi connectivity index (χ0n) is 8.65. The molecule has 0 amide bonds. The average molecular weight is 202 g/mol. The number of piperidine rings is 1. The number of anilines is 1. The molecule has 1 aliphatic rings. The molecule has 0 N–H and O–H groups in total. The molecule has 0 atom stereocenters. The maximum atomic E-state index is 5.38. The van der Waals surface area contributed by atoms with E-state index in [1.165, 1.54) is 19.3 Å². The number of hydrogen-bond donors (Lipinski definition) is 0. The summed E-state index contributed by atoms with van der Waals surface area (Å²) >= 11 is 0. The van der Waals surface area contributed by atoms with Crippen LogP contribution in [-0.2, 0) is 0 Å². The van der Waals surface area contributed by atoms with E-state index in [4.69, 9.17) is 4.42 Å². The number of aromatic nitrogens is 1. The molecule has 1 aliphatic heterocycles. The van der Waals surface area contributed by atoms with E-state index in [1.54, 1.807) is 6.26 Å². The summed E-state index contributed by atoms with van der Waals surface area (Å²) < 4.78 is 5.38. The van der Waals surface area contributed by atoms with Crippen LogP contribution in [0.3, 0.4) is 0 Å². The molecule has 3 rings (SSSR count). The molecule has 0 saturated carbocycles. The third-order valence-corrected chi connectivity index (χ3v) is 3.01. The summed E-state index contributed by atoms with van der Waals surface area (Å²) in [5.41, 5.74) is 0.936. The second-order valence-corrected chi connectivity index (χ2v) is 4.01. The number of pyridine rings is 1. The average Bonchev–Trinajstić information content (AvgIpc) is 2.78. The maximum Gasteiger partial charge on any atom is 0.139 e. The van der Waals surface area contributed by atoms with Gasteiger partial charge in [-0.15, -0.1) is 0 Å². The predicted molar refractivity (Wildman–Crippen MR) is 60.1 cm³/mol. The van der Waals surface area contributed by atoms with Gasteiger partial charge in [0.25, 0.3) is 0 Å². The van der Waals surface area contributed by atoms with Gasteiger partial charge in [-0.05, 0) is 31.4 Å². The standard InChI is InChI=1S/C12H14N2O/c1-2-7-14(8-3-1)12-10-5-9-15-11(10)4-6-13-12/h4-6,9H,1-3,7-8H2. The molecule has 0 aromatic carbocycles. The predicted octanol–water partition coefficient (Wildman–Crippen LogP) is 2.82. The summed E-state index contributed by atoms with van der Waals surface area (Å²) in [4.78, 5) is 6.83. The third-order valence-electron chi connectivity index (χ3n) is 3.01. The van der Waals surface area contributed by atoms with Crippen molar-refractivity contribution >= 4 is 16.8 Å². The Bertz CT molecular complexity index is 457. The fourth-order valence-electron chi connectivity index (χ4n) is 2.24. The highest BCUT2D eigenvalue weighted by atomic mass is 16.3. The van der Waals surface area contributed by atoms with Crippen molar-refractivity contribution in [3.8, 4) is 0 Å². The quantitative estimate of drug-likeness (QED) is 0.712. The molecule has 15 heavy (non-hydrogen) atoms. The van der Waals surface area contributed by atoms with Crippen molar-refractivity contribution in [3.63, 3.8) is 0 Å². The van der Waals surface area contributed by atoms with Crippen LogP contribution in [-0.4, -0.2) is 18.1 Å². The van der Waals surface area contributed by atoms with Crippen molar-refractivity contribution < 1.29 is 4.42 Å². The molecule has 2 aromatic rings. The Morgan fingerprint density at radius 1 is 1.13 bits per heavy atom. The van der Waals surface area contributed by atoms with Crippen LogP contribution in [0.5, 0.6) is 0 Å². The van der Waals surface area contributed by atoms with Gasteiger partial charge < -0.3 is 9.32 Å². The number of fused-ring (bicyclic) bond motifs is 1. The van der Waals surface area contributed by atoms with Crippen LogP contribution in [0, 0.1) is 0 Å². The van der Waals surface area contributed by atoms with Crippen molar-refractivity contribution in [2.75, 3.05) is 18.0 Å². The Hall–Kier alpha value is -1.51. The molecular formula is C12H14N2O. The van der Waals surface area contributed by atoms with Crippen LogP contribution in [0.15, 0.2) is 29.0 Å². The molecule has 0 bridgehead atoms. The van der Waals surface area contributed by atoms with Gasteiger partial charge in [0.2, 0.25) is 0 Å². The monoisotopic (exact) mass is 202 g/mol. The van der Waals surface area contributed by atoms with E-state index in [2.05, 4.69) is 9.88 Å². The summed E-state index contributed by atoms with van der Waals surface area (Å²) in [5.74, 6) is 1.08. The molecule has 1 fully saturated rings. The molecule has 3 heteroatoms. The summed E-state index contributed by atoms with van der Waals surface area (Å²) in [7, 11) is 0. The van der Waals surface area contributed by atoms with E-state index in [0.29, 0.717) is 0 Å². The molecule has 1 saturated heterocycles. The van der Waals surface area contributed by atoms with Gasteiger partial charge in [0.05, 0.1) is 11.6 Å². The first kappa shape index (κ1) is 8.77. The lowest BCUT2D eigenvalue weighted by Crippen LogP contribution is -2.30. The van der Waals surface area contributed by atoms with Crippen LogP contribution in [0.2, 0.25) is 0 Å². The van der Waals surface area contributed by atoms with Crippen molar-refractivity contribution in [3.05, 3.63) is 24.6 Å². The number of furan rings is 1. The van der Waals surface area contributed by atoms with Gasteiger partial charge in [-0.1, -0.05) is 0 Å².